The molecule has 168 valence electrons. The predicted molar refractivity (Wildman–Crippen MR) is 118 cm³/mol. The van der Waals surface area contributed by atoms with Gasteiger partial charge in [-0.25, -0.2) is 13.2 Å². The van der Waals surface area contributed by atoms with Crippen LogP contribution < -0.4 is 19.5 Å². The summed E-state index contributed by atoms with van der Waals surface area (Å²) in [7, 11) is -0.879. The minimum absolute atomic E-state index is 0.0616. The first kappa shape index (κ1) is 21.8. The molecule has 1 aromatic heterocycles. The molecule has 0 spiro atoms. The van der Waals surface area contributed by atoms with Crippen molar-refractivity contribution in [1.29, 1.82) is 0 Å². The van der Waals surface area contributed by atoms with Gasteiger partial charge in [-0.1, -0.05) is 18.3 Å². The average molecular weight is 477 g/mol. The number of anilines is 2. The van der Waals surface area contributed by atoms with E-state index in [1.165, 1.54) is 37.7 Å². The van der Waals surface area contributed by atoms with E-state index < -0.39 is 22.2 Å². The average Bonchev–Trinajstić information content (AvgIpc) is 3.37. The first-order valence-corrected chi connectivity index (χ1v) is 11.8. The lowest BCUT2D eigenvalue weighted by Crippen LogP contribution is -2.13. The largest absolute Gasteiger partial charge is 0.493 e. The third-order valence-corrected chi connectivity index (χ3v) is 7.21. The van der Waals surface area contributed by atoms with E-state index in [9.17, 15) is 13.2 Å². The van der Waals surface area contributed by atoms with Crippen LogP contribution in [0.15, 0.2) is 41.3 Å². The number of rotatable bonds is 8. The molecule has 12 heteroatoms. The Labute approximate surface area is 188 Å². The highest BCUT2D eigenvalue weighted by atomic mass is 32.2. The van der Waals surface area contributed by atoms with E-state index in [4.69, 9.17) is 14.2 Å². The van der Waals surface area contributed by atoms with Crippen molar-refractivity contribution in [2.45, 2.75) is 24.5 Å². The van der Waals surface area contributed by atoms with Crippen molar-refractivity contribution in [1.82, 2.24) is 10.2 Å². The molecule has 1 aliphatic heterocycles. The van der Waals surface area contributed by atoms with E-state index in [0.29, 0.717) is 29.2 Å². The van der Waals surface area contributed by atoms with Crippen LogP contribution in [0.4, 0.5) is 10.8 Å². The van der Waals surface area contributed by atoms with Crippen LogP contribution in [0.3, 0.4) is 0 Å². The standard InChI is InChI=1S/C20H20N4O6S2/c1-4-15-22-23-20(31-15)24-32(26,27)12-7-5-11(6-8-12)21-18-13-9-10-14(28-2)17(29-3)16(13)19(25)30-18/h5-10,18,21H,4H2,1-3H3,(H,23,24). The fourth-order valence-electron chi connectivity index (χ4n) is 3.20. The molecule has 1 atom stereocenters. The van der Waals surface area contributed by atoms with Gasteiger partial charge in [0.15, 0.2) is 11.5 Å². The molecular weight excluding hydrogens is 456 g/mol. The van der Waals surface area contributed by atoms with Crippen molar-refractivity contribution in [2.75, 3.05) is 24.3 Å². The first-order chi connectivity index (χ1) is 15.4. The van der Waals surface area contributed by atoms with Crippen molar-refractivity contribution in [3.63, 3.8) is 0 Å². The Morgan fingerprint density at radius 2 is 1.84 bits per heavy atom. The van der Waals surface area contributed by atoms with E-state index in [2.05, 4.69) is 20.2 Å². The topological polar surface area (TPSA) is 129 Å². The Hall–Kier alpha value is -3.38. The second-order valence-corrected chi connectivity index (χ2v) is 9.42. The van der Waals surface area contributed by atoms with Gasteiger partial charge < -0.3 is 19.5 Å². The number of methoxy groups -OCH3 is 2. The number of sulfonamides is 1. The zero-order valence-electron chi connectivity index (χ0n) is 17.4. The summed E-state index contributed by atoms with van der Waals surface area (Å²) in [5.41, 5.74) is 1.44. The number of ether oxygens (including phenoxy) is 3. The van der Waals surface area contributed by atoms with Gasteiger partial charge in [0.1, 0.15) is 10.6 Å². The van der Waals surface area contributed by atoms with Crippen LogP contribution in [-0.2, 0) is 21.2 Å². The molecule has 0 bridgehead atoms. The van der Waals surface area contributed by atoms with Crippen LogP contribution in [-0.4, -0.2) is 38.8 Å². The number of cyclic esters (lactones) is 1. The Morgan fingerprint density at radius 1 is 1.09 bits per heavy atom. The highest BCUT2D eigenvalue weighted by molar-refractivity contribution is 7.93. The molecular formula is C20H20N4O6S2. The number of aromatic nitrogens is 2. The molecule has 0 aliphatic carbocycles. The van der Waals surface area contributed by atoms with Crippen LogP contribution in [0.1, 0.15) is 34.1 Å². The van der Waals surface area contributed by atoms with E-state index in [1.807, 2.05) is 6.92 Å². The lowest BCUT2D eigenvalue weighted by Gasteiger charge is -2.15. The molecule has 0 amide bonds. The van der Waals surface area contributed by atoms with E-state index in [0.717, 1.165) is 5.01 Å². The third kappa shape index (κ3) is 4.06. The Morgan fingerprint density at radius 3 is 2.47 bits per heavy atom. The number of nitrogens with one attached hydrogen (secondary N) is 2. The number of carbonyl (C=O) groups is 1. The lowest BCUT2D eigenvalue weighted by molar-refractivity contribution is 0.0435. The van der Waals surface area contributed by atoms with Gasteiger partial charge in [0.25, 0.3) is 10.0 Å². The van der Waals surface area contributed by atoms with E-state index in [-0.39, 0.29) is 15.6 Å². The molecule has 3 aromatic rings. The second-order valence-electron chi connectivity index (χ2n) is 6.68. The highest BCUT2D eigenvalue weighted by Crippen LogP contribution is 2.42. The van der Waals surface area contributed by atoms with Crippen molar-refractivity contribution in [3.05, 3.63) is 52.5 Å². The van der Waals surface area contributed by atoms with Gasteiger partial charge in [-0.2, -0.15) is 0 Å². The second kappa shape index (κ2) is 8.63. The summed E-state index contributed by atoms with van der Waals surface area (Å²) in [6.45, 7) is 1.91. The van der Waals surface area contributed by atoms with Gasteiger partial charge >= 0.3 is 5.97 Å². The van der Waals surface area contributed by atoms with Crippen LogP contribution in [0.25, 0.3) is 0 Å². The maximum absolute atomic E-state index is 12.6. The number of aryl methyl sites for hydroxylation is 1. The van der Waals surface area contributed by atoms with Gasteiger partial charge in [0.05, 0.1) is 19.1 Å². The quantitative estimate of drug-likeness (QED) is 0.471. The van der Waals surface area contributed by atoms with Gasteiger partial charge in [-0.3, -0.25) is 4.72 Å². The summed E-state index contributed by atoms with van der Waals surface area (Å²) in [6.07, 6.45) is -0.0837. The fourth-order valence-corrected chi connectivity index (χ4v) is 5.11. The van der Waals surface area contributed by atoms with Gasteiger partial charge in [-0.15, -0.1) is 10.2 Å². The molecule has 10 nitrogen and oxygen atoms in total. The summed E-state index contributed by atoms with van der Waals surface area (Å²) in [6, 6.07) is 9.45. The molecule has 1 unspecified atom stereocenters. The molecule has 0 radical (unpaired) electrons. The molecule has 0 fully saturated rings. The highest BCUT2D eigenvalue weighted by Gasteiger charge is 2.36. The minimum atomic E-state index is -3.81. The van der Waals surface area contributed by atoms with Gasteiger partial charge in [0, 0.05) is 11.3 Å². The summed E-state index contributed by atoms with van der Waals surface area (Å²) in [5.74, 6) is 0.183. The maximum Gasteiger partial charge on any atom is 0.344 e. The number of carbonyl (C=O) groups excluding carboxylic acids is 1. The summed E-state index contributed by atoms with van der Waals surface area (Å²) < 4.78 is 43.6. The Bertz CT molecular complexity index is 1260. The summed E-state index contributed by atoms with van der Waals surface area (Å²) in [5, 5.41) is 11.8. The van der Waals surface area contributed by atoms with Crippen molar-refractivity contribution in [3.8, 4) is 11.5 Å². The SMILES string of the molecule is CCc1nnc(NS(=O)(=O)c2ccc(NC3OC(=O)c4c3ccc(OC)c4OC)cc2)s1. The van der Waals surface area contributed by atoms with Crippen molar-refractivity contribution >= 4 is 38.1 Å². The van der Waals surface area contributed by atoms with Gasteiger partial charge in [-0.05, 0) is 42.8 Å². The van der Waals surface area contributed by atoms with Crippen LogP contribution in [0.2, 0.25) is 0 Å². The normalized spacial score (nSPS) is 15.1. The number of fused-ring (bicyclic) bond motifs is 1. The van der Waals surface area contributed by atoms with E-state index >= 15 is 0 Å². The molecule has 32 heavy (non-hydrogen) atoms. The van der Waals surface area contributed by atoms with Gasteiger partial charge in [0.2, 0.25) is 11.4 Å². The predicted octanol–water partition coefficient (Wildman–Crippen LogP) is 3.20. The first-order valence-electron chi connectivity index (χ1n) is 9.54. The Kier molecular flexibility index (Phi) is 5.89. The number of hydrogen-bond acceptors (Lipinski definition) is 10. The molecule has 4 rings (SSSR count). The summed E-state index contributed by atoms with van der Waals surface area (Å²) in [4.78, 5) is 12.5. The monoisotopic (exact) mass is 476 g/mol. The fraction of sp³-hybridized carbons (Fsp3) is 0.250. The number of benzene rings is 2. The molecule has 2 N–H and O–H groups in total. The van der Waals surface area contributed by atoms with Crippen LogP contribution >= 0.6 is 11.3 Å². The minimum Gasteiger partial charge on any atom is -0.493 e. The van der Waals surface area contributed by atoms with Crippen LogP contribution in [0.5, 0.6) is 11.5 Å². The number of hydrogen-bond donors (Lipinski definition) is 2. The molecule has 2 heterocycles. The smallest absolute Gasteiger partial charge is 0.344 e. The van der Waals surface area contributed by atoms with Crippen LogP contribution in [0, 0.1) is 0 Å². The van der Waals surface area contributed by atoms with E-state index in [1.54, 1.807) is 24.3 Å². The van der Waals surface area contributed by atoms with Crippen molar-refractivity contribution in [2.24, 2.45) is 0 Å². The number of nitrogens with zero attached hydrogens (tertiary/aromatic N) is 2. The maximum atomic E-state index is 12.6. The molecule has 0 saturated heterocycles. The molecule has 0 saturated carbocycles. The number of esters is 1. The molecule has 2 aromatic carbocycles. The third-order valence-electron chi connectivity index (χ3n) is 4.74. The molecule has 1 aliphatic rings. The zero-order chi connectivity index (χ0) is 22.9. The Balaban J connectivity index is 1.52. The van der Waals surface area contributed by atoms with Crippen molar-refractivity contribution < 1.29 is 27.4 Å². The lowest BCUT2D eigenvalue weighted by atomic mass is 10.1. The summed E-state index contributed by atoms with van der Waals surface area (Å²) >= 11 is 1.19. The zero-order valence-corrected chi connectivity index (χ0v) is 19.0.